The summed E-state index contributed by atoms with van der Waals surface area (Å²) in [7, 11) is 0. The molecule has 0 amide bonds. The lowest BCUT2D eigenvalue weighted by atomic mass is 9.92. The van der Waals surface area contributed by atoms with Crippen LogP contribution in [0.15, 0.2) is 166 Å². The number of rotatable bonds is 8. The number of carbonyl (C=O) groups is 2. The highest BCUT2D eigenvalue weighted by atomic mass is 16.5. The van der Waals surface area contributed by atoms with Crippen molar-refractivity contribution in [3.05, 3.63) is 167 Å². The number of allylic oxidation sites excluding steroid dienone is 2. The van der Waals surface area contributed by atoms with Crippen LogP contribution in [0.5, 0.6) is 0 Å². The zero-order valence-corrected chi connectivity index (χ0v) is 30.8. The van der Waals surface area contributed by atoms with E-state index in [1.165, 1.54) is 13.8 Å². The number of para-hydroxylation sites is 2. The van der Waals surface area contributed by atoms with E-state index in [1.807, 2.05) is 152 Å². The fourth-order valence-corrected chi connectivity index (χ4v) is 7.08. The van der Waals surface area contributed by atoms with Crippen LogP contribution in [0.25, 0.3) is 33.9 Å². The number of nitrogens with zero attached hydrogens (tertiary/aromatic N) is 6. The monoisotopic (exact) mass is 726 g/mol. The smallest absolute Gasteiger partial charge is 0.297 e. The van der Waals surface area contributed by atoms with Gasteiger partial charge in [0, 0.05) is 45.4 Å². The van der Waals surface area contributed by atoms with Crippen molar-refractivity contribution in [2.75, 3.05) is 0 Å². The highest BCUT2D eigenvalue weighted by Crippen LogP contribution is 2.39. The van der Waals surface area contributed by atoms with E-state index in [2.05, 4.69) is 10.6 Å². The molecule has 0 spiro atoms. The van der Waals surface area contributed by atoms with Crippen LogP contribution in [-0.2, 0) is 14.3 Å². The van der Waals surface area contributed by atoms with Crippen LogP contribution in [0, 0.1) is 0 Å². The summed E-state index contributed by atoms with van der Waals surface area (Å²) >= 11 is 0. The topological polar surface area (TPSA) is 128 Å². The number of nitrogens with one attached hydrogen (secondary N) is 2. The molecule has 2 unspecified atom stereocenters. The number of aromatic nitrogens is 4. The molecule has 11 nitrogen and oxygen atoms in total. The number of hydrogen-bond acceptors (Lipinski definition) is 9. The minimum absolute atomic E-state index is 0.127. The Kier molecular flexibility index (Phi) is 9.34. The molecule has 0 bridgehead atoms. The average Bonchev–Trinajstić information content (AvgIpc) is 3.85. The van der Waals surface area contributed by atoms with Crippen LogP contribution in [0.4, 0.5) is 0 Å². The number of aliphatic imine (C=N–C) groups is 2. The number of ketones is 2. The Morgan fingerprint density at radius 1 is 0.618 bits per heavy atom. The lowest BCUT2D eigenvalue weighted by Gasteiger charge is -2.28. The maximum Gasteiger partial charge on any atom is 0.297 e. The standard InChI is InChI=1S/C44H38N8O3/c1-27-38(29(3)53)41(35-26-51(33-21-13-7-14-22-33)50-40(35)32-19-11-6-12-20-32)47-43(45-27)55-44-46-28(2)39(30(4)54)42(48-44)37-25-36(31-17-9-5-10-18-31)49-52(37)34-23-15-8-16-24-34/h5-26,41-42H,1-4H3,(H,45,47)(H,46,48). The van der Waals surface area contributed by atoms with E-state index in [9.17, 15) is 9.59 Å². The molecule has 4 aromatic carbocycles. The van der Waals surface area contributed by atoms with E-state index in [1.54, 1.807) is 4.68 Å². The summed E-state index contributed by atoms with van der Waals surface area (Å²) < 4.78 is 10.1. The Hall–Kier alpha value is -7.14. The van der Waals surface area contributed by atoms with Crippen molar-refractivity contribution in [2.45, 2.75) is 39.8 Å². The Balaban J connectivity index is 1.22. The van der Waals surface area contributed by atoms with E-state index in [0.717, 1.165) is 33.8 Å². The lowest BCUT2D eigenvalue weighted by Crippen LogP contribution is -2.40. The summed E-state index contributed by atoms with van der Waals surface area (Å²) in [5.74, 6) is -0.271. The first-order valence-electron chi connectivity index (χ1n) is 18.0. The first-order valence-corrected chi connectivity index (χ1v) is 18.0. The normalized spacial score (nSPS) is 16.9. The fraction of sp³-hybridized carbons (Fsp3) is 0.136. The average molecular weight is 727 g/mol. The largest absolute Gasteiger partial charge is 0.392 e. The summed E-state index contributed by atoms with van der Waals surface area (Å²) in [5.41, 5.74) is 8.49. The maximum absolute atomic E-state index is 13.3. The van der Waals surface area contributed by atoms with Crippen molar-refractivity contribution in [1.29, 1.82) is 0 Å². The minimum Gasteiger partial charge on any atom is -0.392 e. The molecule has 8 rings (SSSR count). The Morgan fingerprint density at radius 3 is 1.67 bits per heavy atom. The van der Waals surface area contributed by atoms with Gasteiger partial charge in [0.2, 0.25) is 0 Å². The van der Waals surface area contributed by atoms with Crippen LogP contribution in [-0.4, -0.2) is 43.2 Å². The SMILES string of the molecule is CC(=O)C1=C(C)NC(OC2=NC(c3cc(-c4ccccc4)nn3-c3ccccc3)C(C(C)=O)=C(C)N2)=NC1c1cn(-c2ccccc2)nc1-c1ccccc1. The molecule has 2 atom stereocenters. The molecule has 0 radical (unpaired) electrons. The molecule has 6 aromatic rings. The van der Waals surface area contributed by atoms with Gasteiger partial charge in [-0.15, -0.1) is 0 Å². The Bertz CT molecular complexity index is 2360. The Labute approximate surface area is 318 Å². The molecule has 2 N–H and O–H groups in total. The van der Waals surface area contributed by atoms with Crippen molar-refractivity contribution < 1.29 is 14.3 Å². The molecule has 2 aliphatic heterocycles. The third-order valence-corrected chi connectivity index (χ3v) is 9.58. The van der Waals surface area contributed by atoms with Crippen LogP contribution in [0.2, 0.25) is 0 Å². The number of Topliss-reactive ketones (excluding diaryl/α,β-unsaturated/α-hetero) is 2. The third-order valence-electron chi connectivity index (χ3n) is 9.58. The van der Waals surface area contributed by atoms with Gasteiger partial charge in [0.1, 0.15) is 12.1 Å². The van der Waals surface area contributed by atoms with Gasteiger partial charge >= 0.3 is 0 Å². The lowest BCUT2D eigenvalue weighted by molar-refractivity contribution is -0.114. The molecule has 0 fully saturated rings. The summed E-state index contributed by atoms with van der Waals surface area (Å²) in [4.78, 5) is 36.6. The van der Waals surface area contributed by atoms with Gasteiger partial charge < -0.3 is 15.4 Å². The number of carbonyl (C=O) groups excluding carboxylic acids is 2. The van der Waals surface area contributed by atoms with Gasteiger partial charge in [-0.25, -0.2) is 19.3 Å². The second kappa shape index (κ2) is 14.7. The Morgan fingerprint density at radius 2 is 1.11 bits per heavy atom. The van der Waals surface area contributed by atoms with Gasteiger partial charge in [-0.2, -0.15) is 10.2 Å². The van der Waals surface area contributed by atoms with Crippen molar-refractivity contribution in [2.24, 2.45) is 9.98 Å². The number of hydrogen-bond donors (Lipinski definition) is 2. The minimum atomic E-state index is -0.767. The van der Waals surface area contributed by atoms with Crippen molar-refractivity contribution in [1.82, 2.24) is 30.2 Å². The summed E-state index contributed by atoms with van der Waals surface area (Å²) in [6.45, 7) is 6.72. The van der Waals surface area contributed by atoms with Gasteiger partial charge in [-0.1, -0.05) is 97.1 Å². The van der Waals surface area contributed by atoms with Crippen LogP contribution in [0.3, 0.4) is 0 Å². The fourth-order valence-electron chi connectivity index (χ4n) is 7.08. The molecule has 55 heavy (non-hydrogen) atoms. The number of amidine groups is 2. The highest BCUT2D eigenvalue weighted by Gasteiger charge is 2.35. The number of benzene rings is 4. The molecule has 2 aromatic heterocycles. The van der Waals surface area contributed by atoms with Gasteiger partial charge in [0.05, 0.1) is 28.5 Å². The highest BCUT2D eigenvalue weighted by molar-refractivity contribution is 6.01. The predicted molar refractivity (Wildman–Crippen MR) is 212 cm³/mol. The molecule has 4 heterocycles. The van der Waals surface area contributed by atoms with Crippen molar-refractivity contribution in [3.8, 4) is 33.9 Å². The second-order valence-electron chi connectivity index (χ2n) is 13.4. The van der Waals surface area contributed by atoms with E-state index in [-0.39, 0.29) is 23.6 Å². The van der Waals surface area contributed by atoms with Gasteiger partial charge in [-0.05, 0) is 58.0 Å². The third kappa shape index (κ3) is 6.91. The molecular formula is C44H38N8O3. The van der Waals surface area contributed by atoms with Gasteiger partial charge in [0.15, 0.2) is 11.6 Å². The molecular weight excluding hydrogens is 689 g/mol. The summed E-state index contributed by atoms with van der Waals surface area (Å²) in [6.07, 6.45) is 1.92. The van der Waals surface area contributed by atoms with Crippen molar-refractivity contribution in [3.63, 3.8) is 0 Å². The molecule has 0 aliphatic carbocycles. The first-order chi connectivity index (χ1) is 26.7. The molecule has 0 saturated heterocycles. The van der Waals surface area contributed by atoms with E-state index < -0.39 is 12.1 Å². The van der Waals surface area contributed by atoms with Crippen LogP contribution in [0.1, 0.15) is 51.0 Å². The molecule has 0 saturated carbocycles. The van der Waals surface area contributed by atoms with E-state index in [0.29, 0.717) is 33.9 Å². The van der Waals surface area contributed by atoms with Crippen molar-refractivity contribution >= 4 is 23.6 Å². The van der Waals surface area contributed by atoms with Crippen LogP contribution < -0.4 is 10.6 Å². The van der Waals surface area contributed by atoms with E-state index in [4.69, 9.17) is 24.9 Å². The quantitative estimate of drug-likeness (QED) is 0.164. The van der Waals surface area contributed by atoms with Gasteiger partial charge in [-0.3, -0.25) is 9.59 Å². The first kappa shape index (κ1) is 34.9. The molecule has 11 heteroatoms. The summed E-state index contributed by atoms with van der Waals surface area (Å²) in [5, 5.41) is 16.4. The van der Waals surface area contributed by atoms with E-state index >= 15 is 0 Å². The predicted octanol–water partition coefficient (Wildman–Crippen LogP) is 7.84. The maximum atomic E-state index is 13.3. The van der Waals surface area contributed by atoms with Gasteiger partial charge in [0.25, 0.3) is 12.0 Å². The summed E-state index contributed by atoms with van der Waals surface area (Å²) in [6, 6.07) is 40.0. The second-order valence-corrected chi connectivity index (χ2v) is 13.4. The zero-order valence-electron chi connectivity index (χ0n) is 30.8. The molecule has 2 aliphatic rings. The zero-order chi connectivity index (χ0) is 38.1. The number of ether oxygens (including phenoxy) is 1. The van der Waals surface area contributed by atoms with Crippen LogP contribution >= 0.6 is 0 Å². The molecule has 272 valence electrons.